The molecule has 2 nitrogen and oxygen atoms in total. The minimum absolute atomic E-state index is 0.111. The van der Waals surface area contributed by atoms with Crippen LogP contribution in [0.5, 0.6) is 0 Å². The standard InChI is InChI=1S/C22H29NO/c1-15-9-16(2)12-19(11-15)22(24,21-7-6-8-23(21)5)20-13-17(3)10-18(4)14-20/h9-14,21,24H,6-8H2,1-5H3/t21-/m0/s1. The van der Waals surface area contributed by atoms with Gasteiger partial charge in [0.25, 0.3) is 0 Å². The molecule has 0 aromatic heterocycles. The Morgan fingerprint density at radius 2 is 1.25 bits per heavy atom. The molecule has 0 radical (unpaired) electrons. The fourth-order valence-corrected chi connectivity index (χ4v) is 4.38. The lowest BCUT2D eigenvalue weighted by atomic mass is 9.77. The molecule has 3 rings (SSSR count). The quantitative estimate of drug-likeness (QED) is 0.913. The van der Waals surface area contributed by atoms with Crippen molar-refractivity contribution in [3.8, 4) is 0 Å². The molecule has 0 saturated carbocycles. The van der Waals surface area contributed by atoms with Crippen LogP contribution in [0.4, 0.5) is 0 Å². The second kappa shape index (κ2) is 6.34. The van der Waals surface area contributed by atoms with E-state index >= 15 is 0 Å². The van der Waals surface area contributed by atoms with E-state index in [-0.39, 0.29) is 6.04 Å². The third-order valence-corrected chi connectivity index (χ3v) is 5.33. The predicted octanol–water partition coefficient (Wildman–Crippen LogP) is 4.25. The van der Waals surface area contributed by atoms with Gasteiger partial charge in [-0.1, -0.05) is 58.7 Å². The van der Waals surface area contributed by atoms with Gasteiger partial charge in [0.15, 0.2) is 0 Å². The zero-order valence-electron chi connectivity index (χ0n) is 15.6. The molecule has 1 heterocycles. The van der Waals surface area contributed by atoms with Crippen molar-refractivity contribution in [2.45, 2.75) is 52.2 Å². The Hall–Kier alpha value is -1.64. The highest BCUT2D eigenvalue weighted by Crippen LogP contribution is 2.41. The lowest BCUT2D eigenvalue weighted by Crippen LogP contribution is -2.47. The summed E-state index contributed by atoms with van der Waals surface area (Å²) in [5.41, 5.74) is 5.87. The van der Waals surface area contributed by atoms with Gasteiger partial charge in [-0.3, -0.25) is 4.90 Å². The van der Waals surface area contributed by atoms with Crippen LogP contribution in [0.15, 0.2) is 36.4 Å². The van der Waals surface area contributed by atoms with E-state index in [1.807, 2.05) is 0 Å². The molecule has 0 bridgehead atoms. The van der Waals surface area contributed by atoms with Crippen molar-refractivity contribution < 1.29 is 5.11 Å². The molecular formula is C22H29NO. The van der Waals surface area contributed by atoms with Gasteiger partial charge in [-0.2, -0.15) is 0 Å². The van der Waals surface area contributed by atoms with Crippen LogP contribution in [0.25, 0.3) is 0 Å². The number of aryl methyl sites for hydroxylation is 4. The molecule has 0 aliphatic carbocycles. The molecule has 2 aromatic carbocycles. The first kappa shape index (κ1) is 17.2. The van der Waals surface area contributed by atoms with Gasteiger partial charge in [-0.15, -0.1) is 0 Å². The average molecular weight is 323 g/mol. The lowest BCUT2D eigenvalue weighted by molar-refractivity contribution is 0.00452. The number of likely N-dealkylation sites (tertiary alicyclic amines) is 1. The highest BCUT2D eigenvalue weighted by molar-refractivity contribution is 5.44. The molecule has 1 saturated heterocycles. The molecule has 1 aliphatic heterocycles. The van der Waals surface area contributed by atoms with Gasteiger partial charge in [-0.25, -0.2) is 0 Å². The van der Waals surface area contributed by atoms with E-state index in [1.54, 1.807) is 0 Å². The van der Waals surface area contributed by atoms with E-state index < -0.39 is 5.60 Å². The largest absolute Gasteiger partial charge is 0.379 e. The van der Waals surface area contributed by atoms with Crippen molar-refractivity contribution in [3.63, 3.8) is 0 Å². The molecule has 2 heteroatoms. The molecule has 1 aliphatic rings. The summed E-state index contributed by atoms with van der Waals surface area (Å²) in [6.45, 7) is 9.48. The van der Waals surface area contributed by atoms with Gasteiger partial charge in [0.2, 0.25) is 0 Å². The molecule has 0 unspecified atom stereocenters. The van der Waals surface area contributed by atoms with Crippen LogP contribution in [0.3, 0.4) is 0 Å². The van der Waals surface area contributed by atoms with Gasteiger partial charge >= 0.3 is 0 Å². The fraction of sp³-hybridized carbons (Fsp3) is 0.455. The Balaban J connectivity index is 2.24. The summed E-state index contributed by atoms with van der Waals surface area (Å²) in [6.07, 6.45) is 2.16. The Bertz CT molecular complexity index is 658. The van der Waals surface area contributed by atoms with E-state index in [4.69, 9.17) is 0 Å². The molecule has 24 heavy (non-hydrogen) atoms. The number of likely N-dealkylation sites (N-methyl/N-ethyl adjacent to an activating group) is 1. The third-order valence-electron chi connectivity index (χ3n) is 5.33. The average Bonchev–Trinajstić information content (AvgIpc) is 2.91. The fourth-order valence-electron chi connectivity index (χ4n) is 4.38. The summed E-state index contributed by atoms with van der Waals surface area (Å²) in [7, 11) is 2.13. The van der Waals surface area contributed by atoms with Crippen molar-refractivity contribution in [1.29, 1.82) is 0 Å². The summed E-state index contributed by atoms with van der Waals surface area (Å²) < 4.78 is 0. The molecule has 0 amide bonds. The predicted molar refractivity (Wildman–Crippen MR) is 100 cm³/mol. The second-order valence-electron chi connectivity index (χ2n) is 7.66. The first-order valence-electron chi connectivity index (χ1n) is 8.91. The molecule has 1 fully saturated rings. The van der Waals surface area contributed by atoms with E-state index in [9.17, 15) is 5.11 Å². The van der Waals surface area contributed by atoms with Gasteiger partial charge < -0.3 is 5.11 Å². The maximum absolute atomic E-state index is 12.1. The summed E-state index contributed by atoms with van der Waals surface area (Å²) in [6, 6.07) is 13.1. The van der Waals surface area contributed by atoms with Gasteiger partial charge in [0, 0.05) is 6.04 Å². The van der Waals surface area contributed by atoms with Crippen LogP contribution < -0.4 is 0 Å². The number of rotatable bonds is 3. The van der Waals surface area contributed by atoms with Crippen LogP contribution in [0, 0.1) is 27.7 Å². The number of hydrogen-bond acceptors (Lipinski definition) is 2. The van der Waals surface area contributed by atoms with Gasteiger partial charge in [-0.05, 0) is 65.3 Å². The summed E-state index contributed by atoms with van der Waals surface area (Å²) in [5.74, 6) is 0. The minimum Gasteiger partial charge on any atom is -0.379 e. The Labute approximate surface area is 146 Å². The number of benzene rings is 2. The van der Waals surface area contributed by atoms with Crippen molar-refractivity contribution in [3.05, 3.63) is 69.8 Å². The van der Waals surface area contributed by atoms with Crippen LogP contribution in [0.2, 0.25) is 0 Å². The molecule has 1 atom stereocenters. The van der Waals surface area contributed by atoms with Crippen molar-refractivity contribution in [2.75, 3.05) is 13.6 Å². The topological polar surface area (TPSA) is 23.5 Å². The second-order valence-corrected chi connectivity index (χ2v) is 7.66. The zero-order chi connectivity index (χ0) is 17.5. The Morgan fingerprint density at radius 1 is 0.833 bits per heavy atom. The molecule has 0 spiro atoms. The lowest BCUT2D eigenvalue weighted by Gasteiger charge is -2.39. The molecule has 1 N–H and O–H groups in total. The van der Waals surface area contributed by atoms with E-state index in [0.717, 1.165) is 30.5 Å². The van der Waals surface area contributed by atoms with Crippen LogP contribution in [-0.2, 0) is 5.60 Å². The number of hydrogen-bond donors (Lipinski definition) is 1. The Kier molecular flexibility index (Phi) is 4.54. The van der Waals surface area contributed by atoms with Crippen LogP contribution in [0.1, 0.15) is 46.2 Å². The van der Waals surface area contributed by atoms with Crippen molar-refractivity contribution in [2.24, 2.45) is 0 Å². The molecule has 2 aromatic rings. The minimum atomic E-state index is -0.973. The molecular weight excluding hydrogens is 294 g/mol. The summed E-state index contributed by atoms with van der Waals surface area (Å²) >= 11 is 0. The maximum Gasteiger partial charge on any atom is 0.130 e. The van der Waals surface area contributed by atoms with E-state index in [1.165, 1.54) is 22.3 Å². The Morgan fingerprint density at radius 3 is 1.58 bits per heavy atom. The first-order chi connectivity index (χ1) is 11.3. The highest BCUT2D eigenvalue weighted by Gasteiger charge is 2.44. The zero-order valence-corrected chi connectivity index (χ0v) is 15.6. The highest BCUT2D eigenvalue weighted by atomic mass is 16.3. The normalized spacial score (nSPS) is 19.0. The third kappa shape index (κ3) is 3.01. The van der Waals surface area contributed by atoms with E-state index in [0.29, 0.717) is 0 Å². The van der Waals surface area contributed by atoms with Crippen LogP contribution >= 0.6 is 0 Å². The molecule has 128 valence electrons. The smallest absolute Gasteiger partial charge is 0.130 e. The van der Waals surface area contributed by atoms with Crippen molar-refractivity contribution in [1.82, 2.24) is 4.90 Å². The van der Waals surface area contributed by atoms with Gasteiger partial charge in [0.05, 0.1) is 0 Å². The maximum atomic E-state index is 12.1. The SMILES string of the molecule is Cc1cc(C)cc(C(O)(c2cc(C)cc(C)c2)[C@@H]2CCCN2C)c1. The van der Waals surface area contributed by atoms with Crippen LogP contribution in [-0.4, -0.2) is 29.6 Å². The number of nitrogens with zero attached hydrogens (tertiary/aromatic N) is 1. The summed E-state index contributed by atoms with van der Waals surface area (Å²) in [4.78, 5) is 2.31. The van der Waals surface area contributed by atoms with Crippen molar-refractivity contribution >= 4 is 0 Å². The first-order valence-corrected chi connectivity index (χ1v) is 8.91. The van der Waals surface area contributed by atoms with Gasteiger partial charge in [0.1, 0.15) is 5.60 Å². The number of aliphatic hydroxyl groups is 1. The van der Waals surface area contributed by atoms with E-state index in [2.05, 4.69) is 76.0 Å². The summed E-state index contributed by atoms with van der Waals surface area (Å²) in [5, 5.41) is 12.1. The monoisotopic (exact) mass is 323 g/mol.